The largest absolute Gasteiger partial charge is 0.435 e. The first-order chi connectivity index (χ1) is 12.4. The van der Waals surface area contributed by atoms with Gasteiger partial charge in [-0.2, -0.15) is 8.78 Å². The lowest BCUT2D eigenvalue weighted by Crippen LogP contribution is -2.40. The lowest BCUT2D eigenvalue weighted by Gasteiger charge is -2.26. The Bertz CT molecular complexity index is 755. The third kappa shape index (κ3) is 4.16. The van der Waals surface area contributed by atoms with Crippen LogP contribution in [0.1, 0.15) is 41.9 Å². The summed E-state index contributed by atoms with van der Waals surface area (Å²) in [6, 6.07) is 6.27. The van der Waals surface area contributed by atoms with E-state index in [0.717, 1.165) is 25.7 Å². The van der Waals surface area contributed by atoms with Gasteiger partial charge in [0.1, 0.15) is 5.75 Å². The zero-order valence-electron chi connectivity index (χ0n) is 14.4. The molecule has 3 N–H and O–H groups in total. The van der Waals surface area contributed by atoms with E-state index in [0.29, 0.717) is 11.4 Å². The third-order valence-electron chi connectivity index (χ3n) is 4.52. The normalized spacial score (nSPS) is 20.2. The number of hydrogen-bond donors (Lipinski definition) is 2. The highest BCUT2D eigenvalue weighted by molar-refractivity contribution is 5.93. The van der Waals surface area contributed by atoms with Gasteiger partial charge in [-0.1, -0.05) is 5.21 Å². The molecule has 0 spiro atoms. The summed E-state index contributed by atoms with van der Waals surface area (Å²) in [5.74, 6) is -0.220. The van der Waals surface area contributed by atoms with Gasteiger partial charge in [-0.25, -0.2) is 4.68 Å². The van der Waals surface area contributed by atoms with Crippen LogP contribution < -0.4 is 15.8 Å². The Morgan fingerprint density at radius 2 is 1.92 bits per heavy atom. The van der Waals surface area contributed by atoms with Crippen LogP contribution in [0, 0.1) is 6.92 Å². The molecular formula is C17H21F2N5O2. The van der Waals surface area contributed by atoms with Crippen LogP contribution in [0.25, 0.3) is 5.69 Å². The predicted molar refractivity (Wildman–Crippen MR) is 90.4 cm³/mol. The second kappa shape index (κ2) is 7.77. The second-order valence-electron chi connectivity index (χ2n) is 6.39. The van der Waals surface area contributed by atoms with Gasteiger partial charge in [0.25, 0.3) is 5.91 Å². The number of benzene rings is 1. The standard InChI is InChI=1S/C17H21F2N5O2/c1-10-15(16(25)21-12-4-2-11(20)3-5-12)22-23-24(10)13-6-8-14(9-7-13)26-17(18)19/h6-9,11-12,17H,2-5,20H2,1H3,(H,21,25). The van der Waals surface area contributed by atoms with Crippen molar-refractivity contribution in [3.63, 3.8) is 0 Å². The second-order valence-corrected chi connectivity index (χ2v) is 6.39. The van der Waals surface area contributed by atoms with Crippen LogP contribution in [0.5, 0.6) is 5.75 Å². The van der Waals surface area contributed by atoms with Gasteiger partial charge >= 0.3 is 6.61 Å². The molecule has 0 saturated heterocycles. The van der Waals surface area contributed by atoms with Crippen LogP contribution in [0.15, 0.2) is 24.3 Å². The molecule has 0 atom stereocenters. The highest BCUT2D eigenvalue weighted by Gasteiger charge is 2.23. The Kier molecular flexibility index (Phi) is 5.46. The van der Waals surface area contributed by atoms with Gasteiger partial charge in [-0.15, -0.1) is 5.10 Å². The summed E-state index contributed by atoms with van der Waals surface area (Å²) < 4.78 is 30.2. The van der Waals surface area contributed by atoms with Crippen molar-refractivity contribution in [3.05, 3.63) is 35.7 Å². The number of carbonyl (C=O) groups excluding carboxylic acids is 1. The molecule has 1 heterocycles. The van der Waals surface area contributed by atoms with Gasteiger partial charge in [0, 0.05) is 12.1 Å². The van der Waals surface area contributed by atoms with E-state index >= 15 is 0 Å². The van der Waals surface area contributed by atoms with Gasteiger partial charge in [0.2, 0.25) is 0 Å². The Morgan fingerprint density at radius 1 is 1.27 bits per heavy atom. The molecule has 26 heavy (non-hydrogen) atoms. The van der Waals surface area contributed by atoms with E-state index in [-0.39, 0.29) is 29.4 Å². The van der Waals surface area contributed by atoms with Crippen molar-refractivity contribution in [1.29, 1.82) is 0 Å². The molecule has 0 bridgehead atoms. The lowest BCUT2D eigenvalue weighted by atomic mass is 9.92. The summed E-state index contributed by atoms with van der Waals surface area (Å²) in [7, 11) is 0. The number of carbonyl (C=O) groups is 1. The SMILES string of the molecule is Cc1c(C(=O)NC2CCC(N)CC2)nnn1-c1ccc(OC(F)F)cc1. The van der Waals surface area contributed by atoms with Gasteiger partial charge in [0.05, 0.1) is 11.4 Å². The molecule has 2 aromatic rings. The maximum absolute atomic E-state index is 12.5. The summed E-state index contributed by atoms with van der Waals surface area (Å²) in [6.07, 6.45) is 3.49. The number of alkyl halides is 2. The van der Waals surface area contributed by atoms with Crippen LogP contribution in [0.2, 0.25) is 0 Å². The number of nitrogens with zero attached hydrogens (tertiary/aromatic N) is 3. The number of rotatable bonds is 5. The fraction of sp³-hybridized carbons (Fsp3) is 0.471. The number of amides is 1. The van der Waals surface area contributed by atoms with Crippen molar-refractivity contribution in [1.82, 2.24) is 20.3 Å². The average molecular weight is 365 g/mol. The minimum atomic E-state index is -2.88. The summed E-state index contributed by atoms with van der Waals surface area (Å²) in [4.78, 5) is 12.5. The zero-order valence-corrected chi connectivity index (χ0v) is 14.4. The van der Waals surface area contributed by atoms with Crippen LogP contribution in [0.3, 0.4) is 0 Å². The highest BCUT2D eigenvalue weighted by Crippen LogP contribution is 2.20. The smallest absolute Gasteiger partial charge is 0.387 e. The molecule has 1 saturated carbocycles. The molecule has 1 aliphatic carbocycles. The summed E-state index contributed by atoms with van der Waals surface area (Å²) in [5, 5.41) is 10.9. The molecule has 1 aliphatic rings. The van der Waals surface area contributed by atoms with Crippen LogP contribution in [-0.2, 0) is 0 Å². The van der Waals surface area contributed by atoms with Crippen molar-refractivity contribution in [2.24, 2.45) is 5.73 Å². The van der Waals surface area contributed by atoms with Crippen molar-refractivity contribution in [3.8, 4) is 11.4 Å². The Labute approximate surface area is 149 Å². The van der Waals surface area contributed by atoms with Gasteiger partial charge in [-0.3, -0.25) is 4.79 Å². The number of halogens is 2. The Hall–Kier alpha value is -2.55. The van der Waals surface area contributed by atoms with E-state index in [1.165, 1.54) is 16.8 Å². The summed E-state index contributed by atoms with van der Waals surface area (Å²) in [5.41, 5.74) is 7.29. The molecule has 1 amide bonds. The molecule has 3 rings (SSSR count). The first-order valence-corrected chi connectivity index (χ1v) is 8.48. The van der Waals surface area contributed by atoms with Crippen molar-refractivity contribution in [2.75, 3.05) is 0 Å². The van der Waals surface area contributed by atoms with Crippen molar-refractivity contribution in [2.45, 2.75) is 51.3 Å². The monoisotopic (exact) mass is 365 g/mol. The minimum absolute atomic E-state index is 0.0509. The van der Waals surface area contributed by atoms with Crippen LogP contribution >= 0.6 is 0 Å². The molecule has 0 aliphatic heterocycles. The number of ether oxygens (including phenoxy) is 1. The third-order valence-corrected chi connectivity index (χ3v) is 4.52. The molecule has 7 nitrogen and oxygen atoms in total. The first-order valence-electron chi connectivity index (χ1n) is 8.48. The van der Waals surface area contributed by atoms with E-state index < -0.39 is 6.61 Å². The number of aromatic nitrogens is 3. The molecule has 1 fully saturated rings. The lowest BCUT2D eigenvalue weighted by molar-refractivity contribution is -0.0498. The first kappa shape index (κ1) is 18.2. The maximum Gasteiger partial charge on any atom is 0.387 e. The minimum Gasteiger partial charge on any atom is -0.435 e. The Morgan fingerprint density at radius 3 is 2.54 bits per heavy atom. The van der Waals surface area contributed by atoms with E-state index in [4.69, 9.17) is 5.73 Å². The van der Waals surface area contributed by atoms with Gasteiger partial charge in [0.15, 0.2) is 5.69 Å². The average Bonchev–Trinajstić information content (AvgIpc) is 2.99. The number of hydrogen-bond acceptors (Lipinski definition) is 5. The Balaban J connectivity index is 1.70. The summed E-state index contributed by atoms with van der Waals surface area (Å²) >= 11 is 0. The number of nitrogens with one attached hydrogen (secondary N) is 1. The molecule has 1 aromatic heterocycles. The zero-order chi connectivity index (χ0) is 18.7. The van der Waals surface area contributed by atoms with E-state index in [2.05, 4.69) is 20.4 Å². The van der Waals surface area contributed by atoms with E-state index in [1.807, 2.05) is 0 Å². The molecule has 1 aromatic carbocycles. The van der Waals surface area contributed by atoms with Gasteiger partial charge < -0.3 is 15.8 Å². The molecule has 140 valence electrons. The van der Waals surface area contributed by atoms with E-state index in [1.54, 1.807) is 19.1 Å². The molecular weight excluding hydrogens is 344 g/mol. The van der Waals surface area contributed by atoms with Crippen molar-refractivity contribution >= 4 is 5.91 Å². The topological polar surface area (TPSA) is 95.1 Å². The fourth-order valence-corrected chi connectivity index (χ4v) is 3.07. The molecule has 0 unspecified atom stereocenters. The van der Waals surface area contributed by atoms with Crippen molar-refractivity contribution < 1.29 is 18.3 Å². The molecule has 0 radical (unpaired) electrons. The summed E-state index contributed by atoms with van der Waals surface area (Å²) in [6.45, 7) is -1.14. The predicted octanol–water partition coefficient (Wildman–Crippen LogP) is 2.18. The van der Waals surface area contributed by atoms with Crippen LogP contribution in [0.4, 0.5) is 8.78 Å². The van der Waals surface area contributed by atoms with Gasteiger partial charge in [-0.05, 0) is 56.9 Å². The maximum atomic E-state index is 12.5. The molecule has 9 heteroatoms. The highest BCUT2D eigenvalue weighted by atomic mass is 19.3. The van der Waals surface area contributed by atoms with E-state index in [9.17, 15) is 13.6 Å². The number of nitrogens with two attached hydrogens (primary N) is 1. The quantitative estimate of drug-likeness (QED) is 0.847. The fourth-order valence-electron chi connectivity index (χ4n) is 3.07. The van der Waals surface area contributed by atoms with Crippen LogP contribution in [-0.4, -0.2) is 39.6 Å².